The van der Waals surface area contributed by atoms with E-state index in [1.165, 1.54) is 0 Å². The third kappa shape index (κ3) is 3.42. The molecule has 1 unspecified atom stereocenters. The number of rotatable bonds is 5. The summed E-state index contributed by atoms with van der Waals surface area (Å²) in [5.41, 5.74) is 3.60. The standard InChI is InChI=1S/C15H21NO8/c16-11(13(20)23-7-8-4-2-1-3-5-8)15(22)12(19)10(18)9(6-17)24-14(15)21/h1-5,9-12,14,17-19,21-22H,6-7,16H2/t9-,10+,11?,12+,14-,15-/m1/s1. The molecule has 6 atom stereocenters. The lowest BCUT2D eigenvalue weighted by molar-refractivity contribution is -0.333. The minimum Gasteiger partial charge on any atom is -0.460 e. The lowest BCUT2D eigenvalue weighted by Crippen LogP contribution is -2.74. The van der Waals surface area contributed by atoms with E-state index in [1.54, 1.807) is 30.3 Å². The molecular weight excluding hydrogens is 322 g/mol. The molecule has 0 saturated carbocycles. The van der Waals surface area contributed by atoms with Crippen molar-refractivity contribution in [3.05, 3.63) is 35.9 Å². The first-order valence-corrected chi connectivity index (χ1v) is 7.31. The molecule has 9 heteroatoms. The number of esters is 1. The molecule has 1 saturated heterocycles. The molecule has 24 heavy (non-hydrogen) atoms. The fourth-order valence-electron chi connectivity index (χ4n) is 2.47. The Balaban J connectivity index is 2.08. The highest BCUT2D eigenvalue weighted by Crippen LogP contribution is 2.31. The Kier molecular flexibility index (Phi) is 5.88. The number of hydrogen-bond acceptors (Lipinski definition) is 9. The lowest BCUT2D eigenvalue weighted by Gasteiger charge is -2.47. The molecule has 1 heterocycles. The summed E-state index contributed by atoms with van der Waals surface area (Å²) in [6.45, 7) is -0.836. The number of carbonyl (C=O) groups excluding carboxylic acids is 1. The van der Waals surface area contributed by atoms with Gasteiger partial charge in [0.2, 0.25) is 0 Å². The zero-order valence-electron chi connectivity index (χ0n) is 12.7. The van der Waals surface area contributed by atoms with Crippen LogP contribution in [0.4, 0.5) is 0 Å². The highest BCUT2D eigenvalue weighted by molar-refractivity contribution is 5.77. The number of carbonyl (C=O) groups is 1. The van der Waals surface area contributed by atoms with Gasteiger partial charge in [-0.2, -0.15) is 0 Å². The highest BCUT2D eigenvalue weighted by Gasteiger charge is 2.59. The fourth-order valence-corrected chi connectivity index (χ4v) is 2.47. The molecule has 9 nitrogen and oxygen atoms in total. The van der Waals surface area contributed by atoms with Gasteiger partial charge >= 0.3 is 5.97 Å². The predicted octanol–water partition coefficient (Wildman–Crippen LogP) is -2.78. The third-order valence-corrected chi connectivity index (χ3v) is 4.03. The number of nitrogens with two attached hydrogens (primary N) is 1. The van der Waals surface area contributed by atoms with Crippen LogP contribution in [0.2, 0.25) is 0 Å². The molecule has 0 spiro atoms. The Bertz CT molecular complexity index is 556. The van der Waals surface area contributed by atoms with Crippen LogP contribution in [-0.4, -0.2) is 74.4 Å². The second-order valence-corrected chi connectivity index (χ2v) is 5.60. The van der Waals surface area contributed by atoms with E-state index in [2.05, 4.69) is 0 Å². The van der Waals surface area contributed by atoms with Gasteiger partial charge in [-0.1, -0.05) is 30.3 Å². The van der Waals surface area contributed by atoms with Gasteiger partial charge in [-0.15, -0.1) is 0 Å². The molecule has 0 radical (unpaired) electrons. The van der Waals surface area contributed by atoms with Gasteiger partial charge < -0.3 is 40.7 Å². The summed E-state index contributed by atoms with van der Waals surface area (Å²) in [6, 6.07) is 6.79. The molecule has 1 aliphatic heterocycles. The minimum absolute atomic E-state index is 0.127. The Labute approximate surface area is 137 Å². The Hall–Kier alpha value is -1.59. The van der Waals surface area contributed by atoms with Crippen LogP contribution in [0.1, 0.15) is 5.56 Å². The molecule has 7 N–H and O–H groups in total. The van der Waals surface area contributed by atoms with E-state index in [0.717, 1.165) is 0 Å². The molecule has 1 aliphatic rings. The van der Waals surface area contributed by atoms with Crippen LogP contribution in [-0.2, 0) is 20.9 Å². The van der Waals surface area contributed by atoms with E-state index in [9.17, 15) is 25.2 Å². The number of hydrogen-bond donors (Lipinski definition) is 6. The monoisotopic (exact) mass is 343 g/mol. The van der Waals surface area contributed by atoms with Gasteiger partial charge in [-0.25, -0.2) is 0 Å². The molecule has 134 valence electrons. The Morgan fingerprint density at radius 3 is 2.50 bits per heavy atom. The highest BCUT2D eigenvalue weighted by atomic mass is 16.6. The molecular formula is C15H21NO8. The van der Waals surface area contributed by atoms with Crippen LogP contribution >= 0.6 is 0 Å². The zero-order chi connectivity index (χ0) is 17.9. The van der Waals surface area contributed by atoms with Crippen molar-refractivity contribution in [3.8, 4) is 0 Å². The largest absolute Gasteiger partial charge is 0.460 e. The molecule has 1 aromatic rings. The molecule has 2 rings (SSSR count). The third-order valence-electron chi connectivity index (χ3n) is 4.03. The summed E-state index contributed by atoms with van der Waals surface area (Å²) in [5, 5.41) is 49.2. The Morgan fingerprint density at radius 2 is 1.92 bits per heavy atom. The van der Waals surface area contributed by atoms with Gasteiger partial charge in [0.15, 0.2) is 11.9 Å². The number of ether oxygens (including phenoxy) is 2. The smallest absolute Gasteiger partial charge is 0.326 e. The summed E-state index contributed by atoms with van der Waals surface area (Å²) in [6.07, 6.45) is -7.22. The van der Waals surface area contributed by atoms with Gasteiger partial charge in [-0.05, 0) is 5.56 Å². The fraction of sp³-hybridized carbons (Fsp3) is 0.533. The second kappa shape index (κ2) is 7.53. The maximum atomic E-state index is 12.1. The lowest BCUT2D eigenvalue weighted by atomic mass is 9.81. The SMILES string of the molecule is NC(C(=O)OCc1ccccc1)[C@]1(O)[C@H](O)O[C@H](CO)[C@H](O)[C@@H]1O. The van der Waals surface area contributed by atoms with E-state index in [4.69, 9.17) is 20.3 Å². The molecule has 0 aliphatic carbocycles. The summed E-state index contributed by atoms with van der Waals surface area (Å²) < 4.78 is 9.79. The normalized spacial score (nSPS) is 34.6. The van der Waals surface area contributed by atoms with Gasteiger partial charge in [0.1, 0.15) is 31.0 Å². The minimum atomic E-state index is -2.70. The van der Waals surface area contributed by atoms with Crippen molar-refractivity contribution in [2.45, 2.75) is 42.9 Å². The maximum absolute atomic E-state index is 12.1. The van der Waals surface area contributed by atoms with E-state index in [-0.39, 0.29) is 6.61 Å². The molecule has 1 aromatic carbocycles. The van der Waals surface area contributed by atoms with E-state index in [0.29, 0.717) is 5.56 Å². The quantitative estimate of drug-likeness (QED) is 0.310. The van der Waals surface area contributed by atoms with Crippen molar-refractivity contribution in [2.75, 3.05) is 6.61 Å². The van der Waals surface area contributed by atoms with Crippen molar-refractivity contribution in [2.24, 2.45) is 5.73 Å². The Morgan fingerprint density at radius 1 is 1.29 bits per heavy atom. The number of benzene rings is 1. The summed E-state index contributed by atoms with van der Waals surface area (Å²) in [5.74, 6) is -1.10. The van der Waals surface area contributed by atoms with Crippen molar-refractivity contribution in [1.82, 2.24) is 0 Å². The van der Waals surface area contributed by atoms with Crippen LogP contribution in [0, 0.1) is 0 Å². The van der Waals surface area contributed by atoms with Crippen LogP contribution in [0.5, 0.6) is 0 Å². The predicted molar refractivity (Wildman–Crippen MR) is 79.1 cm³/mol. The number of aliphatic hydroxyl groups is 5. The van der Waals surface area contributed by atoms with Crippen LogP contribution in [0.25, 0.3) is 0 Å². The first-order valence-electron chi connectivity index (χ1n) is 7.31. The van der Waals surface area contributed by atoms with E-state index >= 15 is 0 Å². The zero-order valence-corrected chi connectivity index (χ0v) is 12.7. The van der Waals surface area contributed by atoms with Crippen molar-refractivity contribution in [3.63, 3.8) is 0 Å². The first-order chi connectivity index (χ1) is 11.3. The van der Waals surface area contributed by atoms with Crippen LogP contribution in [0.15, 0.2) is 30.3 Å². The van der Waals surface area contributed by atoms with Gasteiger partial charge in [0, 0.05) is 0 Å². The van der Waals surface area contributed by atoms with Gasteiger partial charge in [-0.3, -0.25) is 4.79 Å². The first kappa shape index (κ1) is 18.7. The van der Waals surface area contributed by atoms with E-state index < -0.39 is 48.8 Å². The topological polar surface area (TPSA) is 163 Å². The molecule has 0 bridgehead atoms. The summed E-state index contributed by atoms with van der Waals surface area (Å²) in [4.78, 5) is 12.1. The molecule has 1 fully saturated rings. The molecule has 0 amide bonds. The van der Waals surface area contributed by atoms with Crippen molar-refractivity contribution < 1.29 is 39.8 Å². The molecule has 0 aromatic heterocycles. The number of aliphatic hydroxyl groups excluding tert-OH is 4. The maximum Gasteiger partial charge on any atom is 0.326 e. The van der Waals surface area contributed by atoms with Gasteiger partial charge in [0.05, 0.1) is 6.61 Å². The summed E-state index contributed by atoms with van der Waals surface area (Å²) >= 11 is 0. The van der Waals surface area contributed by atoms with Crippen LogP contribution < -0.4 is 5.73 Å². The summed E-state index contributed by atoms with van der Waals surface area (Å²) in [7, 11) is 0. The second-order valence-electron chi connectivity index (χ2n) is 5.60. The van der Waals surface area contributed by atoms with E-state index in [1.807, 2.05) is 0 Å². The van der Waals surface area contributed by atoms with Gasteiger partial charge in [0.25, 0.3) is 0 Å². The van der Waals surface area contributed by atoms with Crippen molar-refractivity contribution >= 4 is 5.97 Å². The van der Waals surface area contributed by atoms with Crippen LogP contribution in [0.3, 0.4) is 0 Å². The average Bonchev–Trinajstić information content (AvgIpc) is 2.61. The van der Waals surface area contributed by atoms with Crippen molar-refractivity contribution in [1.29, 1.82) is 0 Å². The average molecular weight is 343 g/mol.